The number of carbonyl (C=O) groups excluding carboxylic acids is 1. The Hall–Kier alpha value is -2.25. The molecule has 2 aromatic rings. The number of pyridine rings is 1. The van der Waals surface area contributed by atoms with Gasteiger partial charge in [0.25, 0.3) is 5.91 Å². The van der Waals surface area contributed by atoms with Gasteiger partial charge in [0.15, 0.2) is 0 Å². The SMILES string of the molecule is Cc1noc(C)c1C(=O)N1C[C@@H]2OCCN(Cc3ccncc3)[C@H]2C1. The molecule has 1 amide bonds. The standard InChI is InChI=1S/C18H22N4O3/c1-12-17(13(2)25-20-12)18(23)22-10-15-16(11-22)24-8-7-21(15)9-14-3-5-19-6-4-14/h3-6,15-16H,7-11H2,1-2H3/t15-,16-/m0/s1. The second-order valence-electron chi connectivity index (χ2n) is 6.71. The monoisotopic (exact) mass is 342 g/mol. The molecule has 2 aromatic heterocycles. The fourth-order valence-electron chi connectivity index (χ4n) is 3.79. The van der Waals surface area contributed by atoms with E-state index in [1.54, 1.807) is 13.8 Å². The number of fused-ring (bicyclic) bond motifs is 1. The molecule has 0 unspecified atom stereocenters. The van der Waals surface area contributed by atoms with Crippen molar-refractivity contribution in [2.75, 3.05) is 26.2 Å². The normalized spacial score (nSPS) is 23.7. The van der Waals surface area contributed by atoms with E-state index in [4.69, 9.17) is 9.26 Å². The molecule has 2 aliphatic rings. The van der Waals surface area contributed by atoms with Crippen molar-refractivity contribution >= 4 is 5.91 Å². The molecule has 4 heterocycles. The molecule has 0 spiro atoms. The van der Waals surface area contributed by atoms with Gasteiger partial charge in [0, 0.05) is 38.6 Å². The molecular weight excluding hydrogens is 320 g/mol. The van der Waals surface area contributed by atoms with Gasteiger partial charge in [-0.3, -0.25) is 14.7 Å². The molecular formula is C18H22N4O3. The van der Waals surface area contributed by atoms with Crippen LogP contribution >= 0.6 is 0 Å². The first-order valence-electron chi connectivity index (χ1n) is 8.60. The fourth-order valence-corrected chi connectivity index (χ4v) is 3.79. The first-order valence-corrected chi connectivity index (χ1v) is 8.60. The van der Waals surface area contributed by atoms with Crippen molar-refractivity contribution in [2.24, 2.45) is 0 Å². The van der Waals surface area contributed by atoms with E-state index in [1.165, 1.54) is 5.56 Å². The molecule has 4 rings (SSSR count). The number of aromatic nitrogens is 2. The topological polar surface area (TPSA) is 71.7 Å². The molecule has 2 atom stereocenters. The van der Waals surface area contributed by atoms with E-state index in [0.717, 1.165) is 13.1 Å². The van der Waals surface area contributed by atoms with Gasteiger partial charge in [0.1, 0.15) is 11.3 Å². The zero-order valence-corrected chi connectivity index (χ0v) is 14.5. The third kappa shape index (κ3) is 3.05. The van der Waals surface area contributed by atoms with E-state index in [9.17, 15) is 4.79 Å². The molecule has 132 valence electrons. The molecule has 0 aliphatic carbocycles. The third-order valence-corrected chi connectivity index (χ3v) is 5.09. The van der Waals surface area contributed by atoms with E-state index in [1.807, 2.05) is 29.4 Å². The largest absolute Gasteiger partial charge is 0.373 e. The lowest BCUT2D eigenvalue weighted by atomic mass is 10.1. The number of nitrogens with zero attached hydrogens (tertiary/aromatic N) is 4. The molecule has 0 radical (unpaired) electrons. The lowest BCUT2D eigenvalue weighted by Crippen LogP contribution is -2.50. The van der Waals surface area contributed by atoms with Crippen LogP contribution in [0, 0.1) is 13.8 Å². The van der Waals surface area contributed by atoms with Gasteiger partial charge in [-0.25, -0.2) is 0 Å². The zero-order valence-electron chi connectivity index (χ0n) is 14.5. The van der Waals surface area contributed by atoms with E-state index in [2.05, 4.69) is 15.0 Å². The van der Waals surface area contributed by atoms with Crippen LogP contribution in [0.3, 0.4) is 0 Å². The van der Waals surface area contributed by atoms with Gasteiger partial charge in [-0.1, -0.05) is 5.16 Å². The number of rotatable bonds is 3. The summed E-state index contributed by atoms with van der Waals surface area (Å²) in [7, 11) is 0. The Balaban J connectivity index is 1.50. The number of hydrogen-bond donors (Lipinski definition) is 0. The number of likely N-dealkylation sites (tertiary alicyclic amines) is 1. The third-order valence-electron chi connectivity index (χ3n) is 5.09. The molecule has 0 bridgehead atoms. The summed E-state index contributed by atoms with van der Waals surface area (Å²) in [5, 5.41) is 3.90. The van der Waals surface area contributed by atoms with Crippen LogP contribution in [0.25, 0.3) is 0 Å². The predicted molar refractivity (Wildman–Crippen MR) is 90.1 cm³/mol. The fraction of sp³-hybridized carbons (Fsp3) is 0.500. The summed E-state index contributed by atoms with van der Waals surface area (Å²) in [6.07, 6.45) is 3.68. The minimum Gasteiger partial charge on any atom is -0.373 e. The number of hydrogen-bond acceptors (Lipinski definition) is 6. The Bertz CT molecular complexity index is 741. The minimum atomic E-state index is -0.0156. The molecule has 0 aromatic carbocycles. The van der Waals surface area contributed by atoms with Gasteiger partial charge >= 0.3 is 0 Å². The Morgan fingerprint density at radius 1 is 1.28 bits per heavy atom. The smallest absolute Gasteiger partial charge is 0.259 e. The van der Waals surface area contributed by atoms with Crippen LogP contribution in [0.15, 0.2) is 29.0 Å². The highest BCUT2D eigenvalue weighted by Crippen LogP contribution is 2.27. The van der Waals surface area contributed by atoms with Crippen molar-refractivity contribution in [1.29, 1.82) is 0 Å². The second-order valence-corrected chi connectivity index (χ2v) is 6.71. The number of ether oxygens (including phenoxy) is 1. The first-order chi connectivity index (χ1) is 12.1. The molecule has 2 saturated heterocycles. The van der Waals surface area contributed by atoms with Gasteiger partial charge in [-0.05, 0) is 31.5 Å². The van der Waals surface area contributed by atoms with Crippen molar-refractivity contribution in [3.8, 4) is 0 Å². The Labute approximate surface area is 146 Å². The Morgan fingerprint density at radius 3 is 2.80 bits per heavy atom. The quantitative estimate of drug-likeness (QED) is 0.840. The van der Waals surface area contributed by atoms with Crippen LogP contribution in [0.4, 0.5) is 0 Å². The van der Waals surface area contributed by atoms with Crippen LogP contribution in [-0.2, 0) is 11.3 Å². The lowest BCUT2D eigenvalue weighted by Gasteiger charge is -2.36. The molecule has 7 heteroatoms. The Morgan fingerprint density at radius 2 is 2.08 bits per heavy atom. The van der Waals surface area contributed by atoms with Crippen LogP contribution in [-0.4, -0.2) is 64.2 Å². The van der Waals surface area contributed by atoms with Crippen molar-refractivity contribution in [3.05, 3.63) is 47.1 Å². The summed E-state index contributed by atoms with van der Waals surface area (Å²) < 4.78 is 11.1. The van der Waals surface area contributed by atoms with Crippen LogP contribution in [0.1, 0.15) is 27.4 Å². The van der Waals surface area contributed by atoms with Crippen molar-refractivity contribution in [1.82, 2.24) is 19.9 Å². The number of aryl methyl sites for hydroxylation is 2. The summed E-state index contributed by atoms with van der Waals surface area (Å²) in [5.74, 6) is 0.560. The maximum absolute atomic E-state index is 12.9. The summed E-state index contributed by atoms with van der Waals surface area (Å²) >= 11 is 0. The molecule has 7 nitrogen and oxygen atoms in total. The van der Waals surface area contributed by atoms with Crippen LogP contribution in [0.5, 0.6) is 0 Å². The maximum Gasteiger partial charge on any atom is 0.259 e. The number of carbonyl (C=O) groups is 1. The number of morpholine rings is 1. The summed E-state index contributed by atoms with van der Waals surface area (Å²) in [6.45, 7) is 7.28. The van der Waals surface area contributed by atoms with Crippen molar-refractivity contribution < 1.29 is 14.1 Å². The average Bonchev–Trinajstić information content (AvgIpc) is 3.20. The zero-order chi connectivity index (χ0) is 17.4. The van der Waals surface area contributed by atoms with E-state index in [0.29, 0.717) is 36.7 Å². The molecule has 0 N–H and O–H groups in total. The molecule has 0 saturated carbocycles. The maximum atomic E-state index is 12.9. The van der Waals surface area contributed by atoms with E-state index >= 15 is 0 Å². The summed E-state index contributed by atoms with van der Waals surface area (Å²) in [4.78, 5) is 21.3. The molecule has 25 heavy (non-hydrogen) atoms. The highest BCUT2D eigenvalue weighted by Gasteiger charge is 2.42. The number of amides is 1. The van der Waals surface area contributed by atoms with Gasteiger partial charge in [-0.15, -0.1) is 0 Å². The summed E-state index contributed by atoms with van der Waals surface area (Å²) in [5.41, 5.74) is 2.46. The summed E-state index contributed by atoms with van der Waals surface area (Å²) in [6, 6.07) is 4.28. The van der Waals surface area contributed by atoms with Crippen LogP contribution < -0.4 is 0 Å². The second kappa shape index (κ2) is 6.57. The van der Waals surface area contributed by atoms with Crippen molar-refractivity contribution in [2.45, 2.75) is 32.5 Å². The van der Waals surface area contributed by atoms with Gasteiger partial charge < -0.3 is 14.2 Å². The van der Waals surface area contributed by atoms with Crippen LogP contribution in [0.2, 0.25) is 0 Å². The Kier molecular flexibility index (Phi) is 4.27. The molecule has 2 fully saturated rings. The van der Waals surface area contributed by atoms with Gasteiger partial charge in [0.2, 0.25) is 0 Å². The highest BCUT2D eigenvalue weighted by atomic mass is 16.5. The molecule has 2 aliphatic heterocycles. The predicted octanol–water partition coefficient (Wildman–Crippen LogP) is 1.41. The van der Waals surface area contributed by atoms with Gasteiger partial charge in [-0.2, -0.15) is 0 Å². The highest BCUT2D eigenvalue weighted by molar-refractivity contribution is 5.96. The average molecular weight is 342 g/mol. The minimum absolute atomic E-state index is 0.0156. The van der Waals surface area contributed by atoms with E-state index in [-0.39, 0.29) is 18.1 Å². The van der Waals surface area contributed by atoms with Crippen molar-refractivity contribution in [3.63, 3.8) is 0 Å². The lowest BCUT2D eigenvalue weighted by molar-refractivity contribution is -0.0503. The first kappa shape index (κ1) is 16.2. The van der Waals surface area contributed by atoms with E-state index < -0.39 is 0 Å². The van der Waals surface area contributed by atoms with Gasteiger partial charge in [0.05, 0.1) is 24.4 Å².